The van der Waals surface area contributed by atoms with Gasteiger partial charge >= 0.3 is 0 Å². The van der Waals surface area contributed by atoms with Gasteiger partial charge in [-0.2, -0.15) is 0 Å². The minimum absolute atomic E-state index is 0.221. The number of nitrogens with two attached hydrogens (primary N) is 1. The maximum absolute atomic E-state index is 13.3. The largest absolute Gasteiger partial charge is 0.484 e. The Kier molecular flexibility index (Phi) is 3.76. The van der Waals surface area contributed by atoms with Crippen molar-refractivity contribution in [3.8, 4) is 5.75 Å². The Morgan fingerprint density at radius 1 is 1.39 bits per heavy atom. The molecule has 0 spiro atoms. The number of rotatable bonds is 4. The van der Waals surface area contributed by atoms with Crippen LogP contribution in [0.15, 0.2) is 18.2 Å². The van der Waals surface area contributed by atoms with Gasteiger partial charge in [-0.05, 0) is 45.4 Å². The molecule has 0 aromatic heterocycles. The molecule has 1 aliphatic rings. The predicted molar refractivity (Wildman–Crippen MR) is 71.6 cm³/mol. The molecule has 0 atom stereocenters. The standard InChI is InChI=1S/C14H21FN2O/c1-14(2)10-17(8-4-3-7-16)12-9-11(15)5-6-13(12)18-14/h5-6,9H,3-4,7-8,10,16H2,1-2H3. The van der Waals surface area contributed by atoms with Crippen LogP contribution < -0.4 is 15.4 Å². The molecule has 2 N–H and O–H groups in total. The van der Waals surface area contributed by atoms with Crippen molar-refractivity contribution < 1.29 is 9.13 Å². The number of halogens is 1. The summed E-state index contributed by atoms with van der Waals surface area (Å²) in [6.45, 7) is 6.46. The molecule has 0 saturated heterocycles. The summed E-state index contributed by atoms with van der Waals surface area (Å²) in [6, 6.07) is 4.70. The van der Waals surface area contributed by atoms with Crippen molar-refractivity contribution >= 4 is 5.69 Å². The van der Waals surface area contributed by atoms with Gasteiger partial charge in [0.15, 0.2) is 0 Å². The molecular formula is C14H21FN2O. The van der Waals surface area contributed by atoms with Gasteiger partial charge < -0.3 is 15.4 Å². The molecule has 0 unspecified atom stereocenters. The highest BCUT2D eigenvalue weighted by Crippen LogP contribution is 2.37. The number of nitrogens with zero attached hydrogens (tertiary/aromatic N) is 1. The first kappa shape index (κ1) is 13.1. The van der Waals surface area contributed by atoms with Crippen LogP contribution in [0.25, 0.3) is 0 Å². The molecule has 1 aliphatic heterocycles. The van der Waals surface area contributed by atoms with Crippen LogP contribution in [0.1, 0.15) is 26.7 Å². The van der Waals surface area contributed by atoms with Crippen LogP contribution in [0.3, 0.4) is 0 Å². The molecule has 0 saturated carbocycles. The maximum Gasteiger partial charge on any atom is 0.143 e. The van der Waals surface area contributed by atoms with Gasteiger partial charge in [-0.25, -0.2) is 4.39 Å². The normalized spacial score (nSPS) is 17.2. The third-order valence-corrected chi connectivity index (χ3v) is 3.10. The highest BCUT2D eigenvalue weighted by Gasteiger charge is 2.31. The van der Waals surface area contributed by atoms with Crippen LogP contribution >= 0.6 is 0 Å². The molecule has 2 rings (SSSR count). The van der Waals surface area contributed by atoms with Gasteiger partial charge in [0.2, 0.25) is 0 Å². The molecule has 100 valence electrons. The monoisotopic (exact) mass is 252 g/mol. The van der Waals surface area contributed by atoms with E-state index in [2.05, 4.69) is 18.7 Å². The minimum atomic E-state index is -0.243. The van der Waals surface area contributed by atoms with E-state index in [4.69, 9.17) is 10.5 Å². The SMILES string of the molecule is CC1(C)CN(CCCCN)c2cc(F)ccc2O1. The van der Waals surface area contributed by atoms with E-state index in [0.29, 0.717) is 6.54 Å². The van der Waals surface area contributed by atoms with Crippen LogP contribution in [0.5, 0.6) is 5.75 Å². The summed E-state index contributed by atoms with van der Waals surface area (Å²) in [4.78, 5) is 2.19. The average molecular weight is 252 g/mol. The number of benzene rings is 1. The summed E-state index contributed by atoms with van der Waals surface area (Å²) in [5, 5.41) is 0. The summed E-state index contributed by atoms with van der Waals surface area (Å²) in [5.74, 6) is 0.543. The Hall–Kier alpha value is -1.29. The summed E-state index contributed by atoms with van der Waals surface area (Å²) in [6.07, 6.45) is 2.00. The fourth-order valence-electron chi connectivity index (χ4n) is 2.35. The van der Waals surface area contributed by atoms with Crippen molar-refractivity contribution in [2.45, 2.75) is 32.3 Å². The van der Waals surface area contributed by atoms with E-state index in [1.54, 1.807) is 12.1 Å². The van der Waals surface area contributed by atoms with Gasteiger partial charge in [0.05, 0.1) is 12.2 Å². The Balaban J connectivity index is 2.21. The first-order valence-corrected chi connectivity index (χ1v) is 6.45. The molecule has 1 aromatic rings. The second-order valence-corrected chi connectivity index (χ2v) is 5.39. The smallest absolute Gasteiger partial charge is 0.143 e. The van der Waals surface area contributed by atoms with Crippen LogP contribution in [-0.4, -0.2) is 25.2 Å². The fraction of sp³-hybridized carbons (Fsp3) is 0.571. The molecular weight excluding hydrogens is 231 g/mol. The molecule has 0 amide bonds. The first-order valence-electron chi connectivity index (χ1n) is 6.45. The summed E-state index contributed by atoms with van der Waals surface area (Å²) >= 11 is 0. The summed E-state index contributed by atoms with van der Waals surface area (Å²) in [5.41, 5.74) is 6.12. The molecule has 0 aliphatic carbocycles. The van der Waals surface area contributed by atoms with Crippen molar-refractivity contribution in [2.75, 3.05) is 24.5 Å². The van der Waals surface area contributed by atoms with Crippen LogP contribution in [0, 0.1) is 5.82 Å². The topological polar surface area (TPSA) is 38.5 Å². The molecule has 4 heteroatoms. The van der Waals surface area contributed by atoms with Crippen molar-refractivity contribution in [2.24, 2.45) is 5.73 Å². The van der Waals surface area contributed by atoms with Gasteiger partial charge in [-0.15, -0.1) is 0 Å². The lowest BCUT2D eigenvalue weighted by atomic mass is 10.0. The fourth-order valence-corrected chi connectivity index (χ4v) is 2.35. The Morgan fingerprint density at radius 3 is 2.89 bits per heavy atom. The molecule has 0 fully saturated rings. The van der Waals surface area contributed by atoms with Gasteiger partial charge in [-0.1, -0.05) is 0 Å². The highest BCUT2D eigenvalue weighted by molar-refractivity contribution is 5.60. The van der Waals surface area contributed by atoms with E-state index >= 15 is 0 Å². The number of anilines is 1. The summed E-state index contributed by atoms with van der Waals surface area (Å²) in [7, 11) is 0. The van der Waals surface area contributed by atoms with Crippen LogP contribution in [0.2, 0.25) is 0 Å². The van der Waals surface area contributed by atoms with Gasteiger partial charge in [0.1, 0.15) is 17.2 Å². The molecule has 0 bridgehead atoms. The first-order chi connectivity index (χ1) is 8.52. The minimum Gasteiger partial charge on any atom is -0.484 e. The number of fused-ring (bicyclic) bond motifs is 1. The van der Waals surface area contributed by atoms with E-state index < -0.39 is 0 Å². The summed E-state index contributed by atoms with van der Waals surface area (Å²) < 4.78 is 19.2. The van der Waals surface area contributed by atoms with E-state index in [1.807, 2.05) is 0 Å². The number of unbranched alkanes of at least 4 members (excludes halogenated alkanes) is 1. The molecule has 18 heavy (non-hydrogen) atoms. The van der Waals surface area contributed by atoms with E-state index in [-0.39, 0.29) is 11.4 Å². The second-order valence-electron chi connectivity index (χ2n) is 5.39. The van der Waals surface area contributed by atoms with E-state index in [1.165, 1.54) is 6.07 Å². The lowest BCUT2D eigenvalue weighted by Crippen LogP contribution is -2.47. The van der Waals surface area contributed by atoms with Crippen molar-refractivity contribution in [3.63, 3.8) is 0 Å². The highest BCUT2D eigenvalue weighted by atomic mass is 19.1. The zero-order valence-corrected chi connectivity index (χ0v) is 11.1. The lowest BCUT2D eigenvalue weighted by molar-refractivity contribution is 0.105. The Labute approximate surface area is 108 Å². The third-order valence-electron chi connectivity index (χ3n) is 3.10. The van der Waals surface area contributed by atoms with Crippen molar-refractivity contribution in [1.29, 1.82) is 0 Å². The quantitative estimate of drug-likeness (QED) is 0.837. The number of hydrogen-bond donors (Lipinski definition) is 1. The second kappa shape index (κ2) is 5.14. The maximum atomic E-state index is 13.3. The molecule has 1 heterocycles. The van der Waals surface area contributed by atoms with E-state index in [0.717, 1.165) is 37.4 Å². The Bertz CT molecular complexity index is 420. The van der Waals surface area contributed by atoms with Gasteiger partial charge in [0, 0.05) is 12.6 Å². The molecule has 3 nitrogen and oxygen atoms in total. The zero-order valence-electron chi connectivity index (χ0n) is 11.1. The van der Waals surface area contributed by atoms with Gasteiger partial charge in [0.25, 0.3) is 0 Å². The Morgan fingerprint density at radius 2 is 2.17 bits per heavy atom. The number of hydrogen-bond acceptors (Lipinski definition) is 3. The third kappa shape index (κ3) is 2.93. The van der Waals surface area contributed by atoms with Crippen LogP contribution in [0.4, 0.5) is 10.1 Å². The van der Waals surface area contributed by atoms with Crippen molar-refractivity contribution in [1.82, 2.24) is 0 Å². The van der Waals surface area contributed by atoms with Crippen molar-refractivity contribution in [3.05, 3.63) is 24.0 Å². The molecule has 0 radical (unpaired) electrons. The van der Waals surface area contributed by atoms with E-state index in [9.17, 15) is 4.39 Å². The predicted octanol–water partition coefficient (Wildman–Crippen LogP) is 2.54. The zero-order chi connectivity index (χ0) is 13.2. The van der Waals surface area contributed by atoms with Gasteiger partial charge in [-0.3, -0.25) is 0 Å². The van der Waals surface area contributed by atoms with Crippen LogP contribution in [-0.2, 0) is 0 Å². The average Bonchev–Trinajstić information content (AvgIpc) is 2.29. The number of ether oxygens (including phenoxy) is 1. The lowest BCUT2D eigenvalue weighted by Gasteiger charge is -2.41. The molecule has 1 aromatic carbocycles.